The summed E-state index contributed by atoms with van der Waals surface area (Å²) in [5.41, 5.74) is 1.07. The Labute approximate surface area is 130 Å². The predicted octanol–water partition coefficient (Wildman–Crippen LogP) is 4.64. The maximum absolute atomic E-state index is 6.08. The van der Waals surface area contributed by atoms with E-state index in [9.17, 15) is 0 Å². The van der Waals surface area contributed by atoms with E-state index in [0.717, 1.165) is 29.4 Å². The molecular formula is C17H20ClNO2. The van der Waals surface area contributed by atoms with Crippen LogP contribution in [0.2, 0.25) is 5.02 Å². The second kappa shape index (κ2) is 7.34. The minimum absolute atomic E-state index is 0.408. The third kappa shape index (κ3) is 4.66. The zero-order valence-electron chi connectivity index (χ0n) is 12.5. The van der Waals surface area contributed by atoms with E-state index in [4.69, 9.17) is 21.1 Å². The number of ether oxygens (including phenoxy) is 2. The molecule has 1 N–H and O–H groups in total. The molecule has 0 atom stereocenters. The van der Waals surface area contributed by atoms with Crippen LogP contribution in [0, 0.1) is 0 Å². The van der Waals surface area contributed by atoms with Crippen molar-refractivity contribution in [2.24, 2.45) is 0 Å². The van der Waals surface area contributed by atoms with Crippen molar-refractivity contribution in [3.05, 3.63) is 53.1 Å². The van der Waals surface area contributed by atoms with Gasteiger partial charge in [-0.2, -0.15) is 0 Å². The van der Waals surface area contributed by atoms with Gasteiger partial charge < -0.3 is 14.8 Å². The summed E-state index contributed by atoms with van der Waals surface area (Å²) < 4.78 is 11.2. The SMILES string of the molecule is COc1cccc(Oc2cc(Cl)ccc2CNC(C)C)c1. The van der Waals surface area contributed by atoms with Gasteiger partial charge in [-0.3, -0.25) is 0 Å². The van der Waals surface area contributed by atoms with Crippen LogP contribution in [0.25, 0.3) is 0 Å². The van der Waals surface area contributed by atoms with E-state index in [2.05, 4.69) is 19.2 Å². The van der Waals surface area contributed by atoms with Crippen LogP contribution in [-0.2, 0) is 6.54 Å². The maximum Gasteiger partial charge on any atom is 0.133 e. The Morgan fingerprint density at radius 1 is 1.10 bits per heavy atom. The lowest BCUT2D eigenvalue weighted by Crippen LogP contribution is -2.22. The van der Waals surface area contributed by atoms with Crippen LogP contribution in [0.3, 0.4) is 0 Å². The first-order valence-corrected chi connectivity index (χ1v) is 7.30. The molecule has 0 aliphatic carbocycles. The summed E-state index contributed by atoms with van der Waals surface area (Å²) in [4.78, 5) is 0. The Bertz CT molecular complexity index is 599. The normalized spacial score (nSPS) is 10.7. The number of benzene rings is 2. The first kappa shape index (κ1) is 15.7. The average Bonchev–Trinajstić information content (AvgIpc) is 2.46. The zero-order valence-corrected chi connectivity index (χ0v) is 13.3. The molecule has 0 aliphatic rings. The topological polar surface area (TPSA) is 30.5 Å². The van der Waals surface area contributed by atoms with Crippen molar-refractivity contribution >= 4 is 11.6 Å². The maximum atomic E-state index is 6.08. The standard InChI is InChI=1S/C17H20ClNO2/c1-12(2)19-11-13-7-8-14(18)9-17(13)21-16-6-4-5-15(10-16)20-3/h4-10,12,19H,11H2,1-3H3. The fourth-order valence-electron chi connectivity index (χ4n) is 1.88. The van der Waals surface area contributed by atoms with Crippen LogP contribution in [-0.4, -0.2) is 13.2 Å². The molecular weight excluding hydrogens is 286 g/mol. The summed E-state index contributed by atoms with van der Waals surface area (Å²) in [6, 6.07) is 13.6. The van der Waals surface area contributed by atoms with Crippen molar-refractivity contribution in [2.75, 3.05) is 7.11 Å². The summed E-state index contributed by atoms with van der Waals surface area (Å²) in [6.45, 7) is 4.95. The van der Waals surface area contributed by atoms with Crippen molar-refractivity contribution in [1.29, 1.82) is 0 Å². The van der Waals surface area contributed by atoms with Gasteiger partial charge in [-0.1, -0.05) is 37.6 Å². The molecule has 0 aliphatic heterocycles. The zero-order chi connectivity index (χ0) is 15.2. The smallest absolute Gasteiger partial charge is 0.133 e. The Kier molecular flexibility index (Phi) is 5.48. The van der Waals surface area contributed by atoms with Gasteiger partial charge in [0.15, 0.2) is 0 Å². The lowest BCUT2D eigenvalue weighted by Gasteiger charge is -2.14. The van der Waals surface area contributed by atoms with Gasteiger partial charge in [0.1, 0.15) is 17.2 Å². The summed E-state index contributed by atoms with van der Waals surface area (Å²) in [5.74, 6) is 2.24. The first-order valence-electron chi connectivity index (χ1n) is 6.92. The third-order valence-corrected chi connectivity index (χ3v) is 3.23. The molecule has 0 fully saturated rings. The lowest BCUT2D eigenvalue weighted by molar-refractivity contribution is 0.408. The van der Waals surface area contributed by atoms with Crippen LogP contribution in [0.5, 0.6) is 17.2 Å². The fourth-order valence-corrected chi connectivity index (χ4v) is 2.04. The largest absolute Gasteiger partial charge is 0.497 e. The first-order chi connectivity index (χ1) is 10.1. The Morgan fingerprint density at radius 2 is 1.86 bits per heavy atom. The minimum Gasteiger partial charge on any atom is -0.497 e. The molecule has 0 unspecified atom stereocenters. The second-order valence-corrected chi connectivity index (χ2v) is 5.51. The summed E-state index contributed by atoms with van der Waals surface area (Å²) >= 11 is 6.08. The van der Waals surface area contributed by atoms with Gasteiger partial charge in [0.2, 0.25) is 0 Å². The quantitative estimate of drug-likeness (QED) is 0.843. The van der Waals surface area contributed by atoms with Crippen LogP contribution in [0.15, 0.2) is 42.5 Å². The molecule has 0 saturated heterocycles. The molecule has 0 amide bonds. The highest BCUT2D eigenvalue weighted by atomic mass is 35.5. The number of hydrogen-bond acceptors (Lipinski definition) is 3. The van der Waals surface area contributed by atoms with Crippen molar-refractivity contribution in [2.45, 2.75) is 26.4 Å². The van der Waals surface area contributed by atoms with Gasteiger partial charge in [-0.05, 0) is 24.3 Å². The van der Waals surface area contributed by atoms with E-state index in [1.165, 1.54) is 0 Å². The van der Waals surface area contributed by atoms with Gasteiger partial charge in [0.05, 0.1) is 7.11 Å². The number of methoxy groups -OCH3 is 1. The van der Waals surface area contributed by atoms with Gasteiger partial charge >= 0.3 is 0 Å². The van der Waals surface area contributed by atoms with E-state index < -0.39 is 0 Å². The molecule has 3 nitrogen and oxygen atoms in total. The number of nitrogens with one attached hydrogen (secondary N) is 1. The monoisotopic (exact) mass is 305 g/mol. The van der Waals surface area contributed by atoms with Crippen molar-refractivity contribution in [1.82, 2.24) is 5.32 Å². The van der Waals surface area contributed by atoms with Crippen LogP contribution >= 0.6 is 11.6 Å². The minimum atomic E-state index is 0.408. The molecule has 0 saturated carbocycles. The molecule has 112 valence electrons. The van der Waals surface area contributed by atoms with E-state index in [0.29, 0.717) is 11.1 Å². The predicted molar refractivity (Wildman–Crippen MR) is 86.5 cm³/mol. The molecule has 0 heterocycles. The summed E-state index contributed by atoms with van der Waals surface area (Å²) in [5, 5.41) is 4.04. The third-order valence-electron chi connectivity index (χ3n) is 3.00. The molecule has 0 spiro atoms. The van der Waals surface area contributed by atoms with E-state index >= 15 is 0 Å². The Hall–Kier alpha value is -1.71. The summed E-state index contributed by atoms with van der Waals surface area (Å²) in [7, 11) is 1.64. The molecule has 21 heavy (non-hydrogen) atoms. The van der Waals surface area contributed by atoms with Gasteiger partial charge in [-0.15, -0.1) is 0 Å². The number of hydrogen-bond donors (Lipinski definition) is 1. The lowest BCUT2D eigenvalue weighted by atomic mass is 10.2. The van der Waals surface area contributed by atoms with Gasteiger partial charge in [-0.25, -0.2) is 0 Å². The average molecular weight is 306 g/mol. The van der Waals surface area contributed by atoms with Crippen LogP contribution < -0.4 is 14.8 Å². The molecule has 0 radical (unpaired) electrons. The second-order valence-electron chi connectivity index (χ2n) is 5.07. The Balaban J connectivity index is 2.22. The molecule has 2 aromatic rings. The van der Waals surface area contributed by atoms with Gasteiger partial charge in [0.25, 0.3) is 0 Å². The number of rotatable bonds is 6. The van der Waals surface area contributed by atoms with Crippen LogP contribution in [0.4, 0.5) is 0 Å². The van der Waals surface area contributed by atoms with E-state index in [-0.39, 0.29) is 0 Å². The highest BCUT2D eigenvalue weighted by Crippen LogP contribution is 2.30. The fraction of sp³-hybridized carbons (Fsp3) is 0.294. The molecule has 0 bridgehead atoms. The van der Waals surface area contributed by atoms with E-state index in [1.54, 1.807) is 7.11 Å². The number of halogens is 1. The molecule has 2 aromatic carbocycles. The molecule has 0 aromatic heterocycles. The molecule has 2 rings (SSSR count). The highest BCUT2D eigenvalue weighted by Gasteiger charge is 2.07. The van der Waals surface area contributed by atoms with Crippen molar-refractivity contribution in [3.63, 3.8) is 0 Å². The van der Waals surface area contributed by atoms with Gasteiger partial charge in [0, 0.05) is 29.2 Å². The summed E-state index contributed by atoms with van der Waals surface area (Å²) in [6.07, 6.45) is 0. The Morgan fingerprint density at radius 3 is 2.57 bits per heavy atom. The van der Waals surface area contributed by atoms with Crippen molar-refractivity contribution in [3.8, 4) is 17.2 Å². The highest BCUT2D eigenvalue weighted by molar-refractivity contribution is 6.30. The van der Waals surface area contributed by atoms with E-state index in [1.807, 2.05) is 42.5 Å². The van der Waals surface area contributed by atoms with Crippen LogP contribution in [0.1, 0.15) is 19.4 Å². The van der Waals surface area contributed by atoms with Crippen molar-refractivity contribution < 1.29 is 9.47 Å². The molecule has 4 heteroatoms.